The highest BCUT2D eigenvalue weighted by atomic mass is 16.5. The van der Waals surface area contributed by atoms with Crippen molar-refractivity contribution in [2.24, 2.45) is 11.8 Å². The SMILES string of the molecule is CC(=O)Nc1ccc(C(=O)COC(=O)CCN2C(=O)[C@H]3CCCC[C@H]3C2=O)cc1. The van der Waals surface area contributed by atoms with E-state index >= 15 is 0 Å². The molecule has 1 aromatic carbocycles. The van der Waals surface area contributed by atoms with Crippen LogP contribution < -0.4 is 5.32 Å². The van der Waals surface area contributed by atoms with Crippen molar-refractivity contribution >= 4 is 35.2 Å². The highest BCUT2D eigenvalue weighted by Gasteiger charge is 2.47. The van der Waals surface area contributed by atoms with Crippen LogP contribution in [0.1, 0.15) is 49.4 Å². The van der Waals surface area contributed by atoms with Crippen LogP contribution in [0.5, 0.6) is 0 Å². The maximum Gasteiger partial charge on any atom is 0.308 e. The van der Waals surface area contributed by atoms with E-state index in [0.29, 0.717) is 11.3 Å². The summed E-state index contributed by atoms with van der Waals surface area (Å²) in [6.45, 7) is 0.949. The Bertz CT molecular complexity index is 808. The number of hydrogen-bond donors (Lipinski definition) is 1. The van der Waals surface area contributed by atoms with Crippen LogP contribution >= 0.6 is 0 Å². The van der Waals surface area contributed by atoms with E-state index in [-0.39, 0.29) is 48.3 Å². The molecule has 1 aliphatic carbocycles. The van der Waals surface area contributed by atoms with Crippen LogP contribution in [0.15, 0.2) is 24.3 Å². The summed E-state index contributed by atoms with van der Waals surface area (Å²) >= 11 is 0. The Kier molecular flexibility index (Phi) is 6.41. The van der Waals surface area contributed by atoms with Crippen LogP contribution in [0, 0.1) is 11.8 Å². The fraction of sp³-hybridized carbons (Fsp3) is 0.476. The first-order chi connectivity index (χ1) is 13.9. The van der Waals surface area contributed by atoms with Gasteiger partial charge in [-0.3, -0.25) is 28.9 Å². The topological polar surface area (TPSA) is 110 Å². The molecule has 0 spiro atoms. The molecule has 1 aliphatic heterocycles. The lowest BCUT2D eigenvalue weighted by molar-refractivity contribution is -0.145. The number of Topliss-reactive ketones (excluding diaryl/α,β-unsaturated/α-hetero) is 1. The van der Waals surface area contributed by atoms with Crippen molar-refractivity contribution in [3.05, 3.63) is 29.8 Å². The van der Waals surface area contributed by atoms with E-state index in [0.717, 1.165) is 25.7 Å². The number of imide groups is 1. The molecule has 0 bridgehead atoms. The van der Waals surface area contributed by atoms with Crippen LogP contribution in [0.2, 0.25) is 0 Å². The van der Waals surface area contributed by atoms with Crippen LogP contribution in [-0.2, 0) is 23.9 Å². The maximum atomic E-state index is 12.4. The number of carbonyl (C=O) groups excluding carboxylic acids is 5. The van der Waals surface area contributed by atoms with E-state index in [9.17, 15) is 24.0 Å². The van der Waals surface area contributed by atoms with Crippen LogP contribution in [0.3, 0.4) is 0 Å². The molecular formula is C21H24N2O6. The lowest BCUT2D eigenvalue weighted by Gasteiger charge is -2.19. The first-order valence-electron chi connectivity index (χ1n) is 9.78. The molecule has 3 amide bonds. The van der Waals surface area contributed by atoms with Crippen LogP contribution in [0.25, 0.3) is 0 Å². The van der Waals surface area contributed by atoms with Gasteiger partial charge in [-0.1, -0.05) is 12.8 Å². The van der Waals surface area contributed by atoms with E-state index < -0.39 is 12.6 Å². The molecule has 0 radical (unpaired) electrons. The molecule has 1 saturated heterocycles. The molecule has 0 aromatic heterocycles. The summed E-state index contributed by atoms with van der Waals surface area (Å²) in [5, 5.41) is 2.59. The first kappa shape index (κ1) is 20.7. The Morgan fingerprint density at radius 2 is 1.62 bits per heavy atom. The standard InChI is InChI=1S/C21H24N2O6/c1-13(24)22-15-8-6-14(7-9-15)18(25)12-29-19(26)10-11-23-20(27)16-4-2-3-5-17(16)21(23)28/h6-9,16-17H,2-5,10-12H2,1H3,(H,22,24)/t16-,17+. The van der Waals surface area contributed by atoms with Crippen molar-refractivity contribution in [1.82, 2.24) is 4.90 Å². The highest BCUT2D eigenvalue weighted by Crippen LogP contribution is 2.37. The normalized spacial score (nSPS) is 20.9. The third kappa shape index (κ3) is 4.88. The summed E-state index contributed by atoms with van der Waals surface area (Å²) in [5.74, 6) is -2.10. The van der Waals surface area contributed by atoms with E-state index in [1.165, 1.54) is 24.0 Å². The van der Waals surface area contributed by atoms with Gasteiger partial charge < -0.3 is 10.1 Å². The monoisotopic (exact) mass is 400 g/mol. The van der Waals surface area contributed by atoms with Crippen molar-refractivity contribution in [3.63, 3.8) is 0 Å². The summed E-state index contributed by atoms with van der Waals surface area (Å²) in [5.41, 5.74) is 0.910. The van der Waals surface area contributed by atoms with Crippen molar-refractivity contribution in [1.29, 1.82) is 0 Å². The average molecular weight is 400 g/mol. The fourth-order valence-electron chi connectivity index (χ4n) is 3.90. The van der Waals surface area contributed by atoms with Gasteiger partial charge in [0.25, 0.3) is 0 Å². The minimum Gasteiger partial charge on any atom is -0.457 e. The van der Waals surface area contributed by atoms with Gasteiger partial charge in [0.2, 0.25) is 17.7 Å². The molecule has 8 nitrogen and oxygen atoms in total. The maximum absolute atomic E-state index is 12.4. The predicted octanol–water partition coefficient (Wildman–Crippen LogP) is 1.94. The number of likely N-dealkylation sites (tertiary alicyclic amines) is 1. The van der Waals surface area contributed by atoms with Gasteiger partial charge in [0, 0.05) is 24.7 Å². The Morgan fingerprint density at radius 1 is 1.03 bits per heavy atom. The molecule has 1 saturated carbocycles. The van der Waals surface area contributed by atoms with Gasteiger partial charge in [0.15, 0.2) is 12.4 Å². The van der Waals surface area contributed by atoms with E-state index in [4.69, 9.17) is 4.74 Å². The molecule has 2 aliphatic rings. The summed E-state index contributed by atoms with van der Waals surface area (Å²) in [6.07, 6.45) is 3.22. The number of benzene rings is 1. The molecule has 2 fully saturated rings. The Hall–Kier alpha value is -3.03. The van der Waals surface area contributed by atoms with E-state index in [1.807, 2.05) is 0 Å². The quantitative estimate of drug-likeness (QED) is 0.425. The number of ketones is 1. The van der Waals surface area contributed by atoms with Gasteiger partial charge in [0.05, 0.1) is 18.3 Å². The minimum atomic E-state index is -0.635. The second-order valence-corrected chi connectivity index (χ2v) is 7.42. The Morgan fingerprint density at radius 3 is 2.17 bits per heavy atom. The number of amides is 3. The number of carbonyl (C=O) groups is 5. The van der Waals surface area contributed by atoms with E-state index in [1.54, 1.807) is 12.1 Å². The molecule has 1 aromatic rings. The van der Waals surface area contributed by atoms with Crippen molar-refractivity contribution in [3.8, 4) is 0 Å². The molecule has 154 valence electrons. The predicted molar refractivity (Wildman–Crippen MR) is 103 cm³/mol. The zero-order valence-corrected chi connectivity index (χ0v) is 16.3. The number of rotatable bonds is 7. The summed E-state index contributed by atoms with van der Waals surface area (Å²) in [4.78, 5) is 61.0. The molecule has 0 unspecified atom stereocenters. The molecule has 2 atom stereocenters. The zero-order valence-electron chi connectivity index (χ0n) is 16.3. The van der Waals surface area contributed by atoms with Gasteiger partial charge in [0.1, 0.15) is 0 Å². The average Bonchev–Trinajstić information content (AvgIpc) is 2.95. The Balaban J connectivity index is 1.45. The van der Waals surface area contributed by atoms with Gasteiger partial charge in [-0.15, -0.1) is 0 Å². The number of anilines is 1. The molecule has 3 rings (SSSR count). The summed E-state index contributed by atoms with van der Waals surface area (Å²) < 4.78 is 4.99. The Labute approximate surface area is 168 Å². The summed E-state index contributed by atoms with van der Waals surface area (Å²) in [6, 6.07) is 6.23. The highest BCUT2D eigenvalue weighted by molar-refractivity contribution is 6.05. The second kappa shape index (κ2) is 8.98. The molecular weight excluding hydrogens is 376 g/mol. The largest absolute Gasteiger partial charge is 0.457 e. The molecule has 29 heavy (non-hydrogen) atoms. The first-order valence-corrected chi connectivity index (χ1v) is 9.78. The number of esters is 1. The zero-order chi connectivity index (χ0) is 21.0. The van der Waals surface area contributed by atoms with Gasteiger partial charge >= 0.3 is 5.97 Å². The third-order valence-corrected chi connectivity index (χ3v) is 5.36. The molecule has 1 heterocycles. The molecule has 8 heteroatoms. The summed E-state index contributed by atoms with van der Waals surface area (Å²) in [7, 11) is 0. The third-order valence-electron chi connectivity index (χ3n) is 5.36. The molecule has 1 N–H and O–H groups in total. The van der Waals surface area contributed by atoms with Crippen molar-refractivity contribution in [2.75, 3.05) is 18.5 Å². The van der Waals surface area contributed by atoms with Crippen LogP contribution in [0.4, 0.5) is 5.69 Å². The number of nitrogens with one attached hydrogen (secondary N) is 1. The number of hydrogen-bond acceptors (Lipinski definition) is 6. The fourth-order valence-corrected chi connectivity index (χ4v) is 3.90. The van der Waals surface area contributed by atoms with Gasteiger partial charge in [-0.2, -0.15) is 0 Å². The lowest BCUT2D eigenvalue weighted by Crippen LogP contribution is -2.33. The van der Waals surface area contributed by atoms with Crippen molar-refractivity contribution < 1.29 is 28.7 Å². The second-order valence-electron chi connectivity index (χ2n) is 7.42. The number of nitrogens with zero attached hydrogens (tertiary/aromatic N) is 1. The number of ether oxygens (including phenoxy) is 1. The smallest absolute Gasteiger partial charge is 0.308 e. The van der Waals surface area contributed by atoms with Gasteiger partial charge in [-0.25, -0.2) is 0 Å². The lowest BCUT2D eigenvalue weighted by atomic mass is 9.81. The minimum absolute atomic E-state index is 0.0108. The van der Waals surface area contributed by atoms with Crippen molar-refractivity contribution in [2.45, 2.75) is 39.0 Å². The number of fused-ring (bicyclic) bond motifs is 1. The van der Waals surface area contributed by atoms with Gasteiger partial charge in [-0.05, 0) is 37.1 Å². The van der Waals surface area contributed by atoms with Crippen LogP contribution in [-0.4, -0.2) is 47.5 Å². The van der Waals surface area contributed by atoms with E-state index in [2.05, 4.69) is 5.32 Å².